The van der Waals surface area contributed by atoms with E-state index in [4.69, 9.17) is 5.73 Å². The number of hydrogen-bond acceptors (Lipinski definition) is 5. The van der Waals surface area contributed by atoms with Gasteiger partial charge in [-0.2, -0.15) is 23.4 Å². The number of carbonyl (C=O) groups is 1. The molecule has 0 aliphatic heterocycles. The van der Waals surface area contributed by atoms with Gasteiger partial charge < -0.3 is 10.8 Å². The number of fused-ring (bicyclic) bond motifs is 1. The third-order valence-corrected chi connectivity index (χ3v) is 6.28. The van der Waals surface area contributed by atoms with Crippen LogP contribution in [0.5, 0.6) is 0 Å². The highest BCUT2D eigenvalue weighted by molar-refractivity contribution is 5.83. The van der Waals surface area contributed by atoms with Gasteiger partial charge in [-0.15, -0.1) is 0 Å². The lowest BCUT2D eigenvalue weighted by Crippen LogP contribution is -2.27. The van der Waals surface area contributed by atoms with Crippen LogP contribution in [0.2, 0.25) is 0 Å². The first-order valence-electron chi connectivity index (χ1n) is 9.14. The highest BCUT2D eigenvalue weighted by Crippen LogP contribution is 2.57. The number of aldehydes is 1. The normalized spacial score (nSPS) is 30.0. The highest BCUT2D eigenvalue weighted by atomic mass is 19.4. The number of nitrogen functional groups attached to an aromatic ring is 1. The summed E-state index contributed by atoms with van der Waals surface area (Å²) in [5, 5.41) is 19.4. The van der Waals surface area contributed by atoms with Crippen LogP contribution >= 0.6 is 0 Å². The second-order valence-corrected chi connectivity index (χ2v) is 8.12. The fraction of sp³-hybridized carbons (Fsp3) is 0.611. The van der Waals surface area contributed by atoms with Gasteiger partial charge in [-0.25, -0.2) is 0 Å². The van der Waals surface area contributed by atoms with E-state index in [1.54, 1.807) is 7.05 Å². The Kier molecular flexibility index (Phi) is 4.11. The minimum absolute atomic E-state index is 0.00840. The number of aliphatic hydroxyl groups is 1. The minimum atomic E-state index is -4.57. The molecule has 0 aromatic carbocycles. The van der Waals surface area contributed by atoms with Gasteiger partial charge in [0.15, 0.2) is 6.29 Å². The van der Waals surface area contributed by atoms with Crippen molar-refractivity contribution in [3.63, 3.8) is 0 Å². The van der Waals surface area contributed by atoms with Crippen LogP contribution in [0.1, 0.15) is 58.9 Å². The first kappa shape index (κ1) is 19.0. The molecule has 2 aromatic heterocycles. The first-order chi connectivity index (χ1) is 13.0. The van der Waals surface area contributed by atoms with E-state index < -0.39 is 17.3 Å². The zero-order chi connectivity index (χ0) is 20.4. The maximum atomic E-state index is 13.4. The van der Waals surface area contributed by atoms with Crippen LogP contribution in [-0.4, -0.2) is 31.0 Å². The zero-order valence-corrected chi connectivity index (χ0v) is 15.6. The topological polar surface area (TPSA) is 99.0 Å². The summed E-state index contributed by atoms with van der Waals surface area (Å²) in [6.45, 7) is 0. The van der Waals surface area contributed by atoms with Gasteiger partial charge in [0.2, 0.25) is 0 Å². The van der Waals surface area contributed by atoms with E-state index in [0.717, 1.165) is 10.9 Å². The molecule has 2 aliphatic carbocycles. The SMILES string of the molecule is Cn1cc(C(F)(F)F)c(C2(O)CC3CC(c4nn(C)c(N)c4C=O)CC3C2)n1. The molecule has 4 rings (SSSR count). The van der Waals surface area contributed by atoms with Gasteiger partial charge in [0.1, 0.15) is 17.1 Å². The molecule has 2 aliphatic rings. The van der Waals surface area contributed by atoms with Crippen molar-refractivity contribution in [2.75, 3.05) is 5.73 Å². The molecule has 2 fully saturated rings. The fourth-order valence-electron chi connectivity index (χ4n) is 5.12. The Labute approximate surface area is 159 Å². The van der Waals surface area contributed by atoms with Crippen LogP contribution in [0.4, 0.5) is 19.0 Å². The van der Waals surface area contributed by atoms with E-state index in [1.807, 2.05) is 0 Å². The Bertz CT molecular complexity index is 919. The first-order valence-corrected chi connectivity index (χ1v) is 9.14. The second-order valence-electron chi connectivity index (χ2n) is 8.12. The van der Waals surface area contributed by atoms with Crippen molar-refractivity contribution in [1.29, 1.82) is 0 Å². The van der Waals surface area contributed by atoms with E-state index in [1.165, 1.54) is 11.7 Å². The summed E-state index contributed by atoms with van der Waals surface area (Å²) in [7, 11) is 3.08. The number of carbonyl (C=O) groups excluding carboxylic acids is 1. The van der Waals surface area contributed by atoms with E-state index in [2.05, 4.69) is 10.2 Å². The molecule has 152 valence electrons. The molecule has 0 saturated heterocycles. The number of anilines is 1. The van der Waals surface area contributed by atoms with Crippen molar-refractivity contribution >= 4 is 12.1 Å². The predicted molar refractivity (Wildman–Crippen MR) is 93.3 cm³/mol. The maximum absolute atomic E-state index is 13.4. The third kappa shape index (κ3) is 2.81. The van der Waals surface area contributed by atoms with E-state index in [9.17, 15) is 23.1 Å². The summed E-state index contributed by atoms with van der Waals surface area (Å²) in [6.07, 6.45) is -1.22. The second kappa shape index (κ2) is 6.07. The van der Waals surface area contributed by atoms with Gasteiger partial charge in [0, 0.05) is 26.2 Å². The smallest absolute Gasteiger partial charge is 0.383 e. The largest absolute Gasteiger partial charge is 0.419 e. The van der Waals surface area contributed by atoms with E-state index >= 15 is 0 Å². The Balaban J connectivity index is 1.58. The molecule has 7 nitrogen and oxygen atoms in total. The van der Waals surface area contributed by atoms with Crippen molar-refractivity contribution in [2.24, 2.45) is 25.9 Å². The van der Waals surface area contributed by atoms with Gasteiger partial charge in [0.25, 0.3) is 0 Å². The summed E-state index contributed by atoms with van der Waals surface area (Å²) in [5.74, 6) is 0.401. The molecule has 0 spiro atoms. The van der Waals surface area contributed by atoms with Gasteiger partial charge in [-0.05, 0) is 37.5 Å². The van der Waals surface area contributed by atoms with Crippen LogP contribution in [0.15, 0.2) is 6.20 Å². The molecule has 2 heterocycles. The van der Waals surface area contributed by atoms with Crippen LogP contribution in [0, 0.1) is 11.8 Å². The molecule has 2 unspecified atom stereocenters. The van der Waals surface area contributed by atoms with Crippen LogP contribution < -0.4 is 5.73 Å². The van der Waals surface area contributed by atoms with Crippen LogP contribution in [-0.2, 0) is 25.9 Å². The zero-order valence-electron chi connectivity index (χ0n) is 15.6. The summed E-state index contributed by atoms with van der Waals surface area (Å²) < 4.78 is 42.6. The molecule has 3 N–H and O–H groups in total. The average molecular weight is 397 g/mol. The lowest BCUT2D eigenvalue weighted by atomic mass is 9.88. The van der Waals surface area contributed by atoms with Gasteiger partial charge >= 0.3 is 6.18 Å². The van der Waals surface area contributed by atoms with Crippen LogP contribution in [0.3, 0.4) is 0 Å². The molecule has 28 heavy (non-hydrogen) atoms. The number of nitrogens with two attached hydrogens (primary N) is 1. The summed E-state index contributed by atoms with van der Waals surface area (Å²) in [6, 6.07) is 0. The molecular weight excluding hydrogens is 375 g/mol. The molecule has 0 radical (unpaired) electrons. The number of nitrogens with zero attached hydrogens (tertiary/aromatic N) is 4. The molecule has 0 amide bonds. The van der Waals surface area contributed by atoms with E-state index in [-0.39, 0.29) is 36.3 Å². The maximum Gasteiger partial charge on any atom is 0.419 e. The Hall–Kier alpha value is -2.36. The quantitative estimate of drug-likeness (QED) is 0.775. The van der Waals surface area contributed by atoms with Crippen LogP contribution in [0.25, 0.3) is 0 Å². The average Bonchev–Trinajstić information content (AvgIpc) is 3.29. The predicted octanol–water partition coefficient (Wildman–Crippen LogP) is 2.36. The van der Waals surface area contributed by atoms with Crippen molar-refractivity contribution in [1.82, 2.24) is 19.6 Å². The number of alkyl halides is 3. The lowest BCUT2D eigenvalue weighted by molar-refractivity contribution is -0.140. The van der Waals surface area contributed by atoms with E-state index in [0.29, 0.717) is 36.2 Å². The summed E-state index contributed by atoms with van der Waals surface area (Å²) in [4.78, 5) is 11.4. The molecule has 10 heteroatoms. The Morgan fingerprint density at radius 1 is 1.25 bits per heavy atom. The molecule has 2 atom stereocenters. The monoisotopic (exact) mass is 397 g/mol. The summed E-state index contributed by atoms with van der Waals surface area (Å²) >= 11 is 0. The number of halogens is 3. The standard InChI is InChI=1S/C18H22F3N5O2/c1-25-7-13(18(19,20)21)15(24-25)17(28)5-10-3-9(4-11(10)6-17)14-12(8-27)16(22)26(2)23-14/h7-11,28H,3-6,22H2,1-2H3. The Morgan fingerprint density at radius 2 is 1.86 bits per heavy atom. The lowest BCUT2D eigenvalue weighted by Gasteiger charge is -2.24. The minimum Gasteiger partial charge on any atom is -0.383 e. The molecule has 2 aromatic rings. The Morgan fingerprint density at radius 3 is 2.39 bits per heavy atom. The molecule has 0 bridgehead atoms. The number of aryl methyl sites for hydroxylation is 2. The number of hydrogen-bond donors (Lipinski definition) is 2. The van der Waals surface area contributed by atoms with Gasteiger partial charge in [0.05, 0.1) is 16.8 Å². The number of aromatic nitrogens is 4. The fourth-order valence-corrected chi connectivity index (χ4v) is 5.12. The van der Waals surface area contributed by atoms with Crippen molar-refractivity contribution < 1.29 is 23.1 Å². The van der Waals surface area contributed by atoms with Crippen molar-refractivity contribution in [3.05, 3.63) is 28.7 Å². The third-order valence-electron chi connectivity index (χ3n) is 6.28. The van der Waals surface area contributed by atoms with Gasteiger partial charge in [-0.1, -0.05) is 0 Å². The van der Waals surface area contributed by atoms with Crippen molar-refractivity contribution in [3.8, 4) is 0 Å². The van der Waals surface area contributed by atoms with Gasteiger partial charge in [-0.3, -0.25) is 14.2 Å². The summed E-state index contributed by atoms with van der Waals surface area (Å²) in [5.41, 5.74) is 4.15. The molecule has 2 saturated carbocycles. The highest BCUT2D eigenvalue weighted by Gasteiger charge is 2.54. The van der Waals surface area contributed by atoms with Crippen molar-refractivity contribution in [2.45, 2.75) is 43.4 Å². The number of rotatable bonds is 3. The molecular formula is C18H22F3N5O2.